The summed E-state index contributed by atoms with van der Waals surface area (Å²) in [6.45, 7) is 2.12. The number of aromatic amines is 1. The number of hydrogen-bond donors (Lipinski definition) is 2. The Balaban J connectivity index is 3.29. The first-order valence-corrected chi connectivity index (χ1v) is 5.96. The summed E-state index contributed by atoms with van der Waals surface area (Å²) in [5.74, 6) is 0. The Kier molecular flexibility index (Phi) is 3.48. The minimum absolute atomic E-state index is 0.266. The van der Waals surface area contributed by atoms with E-state index in [-0.39, 0.29) is 4.90 Å². The van der Waals surface area contributed by atoms with Gasteiger partial charge in [0, 0.05) is 20.6 Å². The molecule has 1 aromatic rings. The van der Waals surface area contributed by atoms with Crippen molar-refractivity contribution >= 4 is 10.0 Å². The van der Waals surface area contributed by atoms with Crippen molar-refractivity contribution in [3.8, 4) is 0 Å². The van der Waals surface area contributed by atoms with Crippen LogP contribution >= 0.6 is 0 Å². The Bertz CT molecular complexity index is 435. The fourth-order valence-electron chi connectivity index (χ4n) is 1.28. The third kappa shape index (κ3) is 2.19. The topological polar surface area (TPSA) is 78.1 Å². The Morgan fingerprint density at radius 1 is 1.47 bits per heavy atom. The van der Waals surface area contributed by atoms with Gasteiger partial charge < -0.3 is 5.32 Å². The molecule has 0 aliphatic heterocycles. The summed E-state index contributed by atoms with van der Waals surface area (Å²) in [4.78, 5) is 0.266. The Morgan fingerprint density at radius 2 is 2.07 bits per heavy atom. The molecule has 0 unspecified atom stereocenters. The quantitative estimate of drug-likeness (QED) is 0.746. The van der Waals surface area contributed by atoms with Gasteiger partial charge in [-0.25, -0.2) is 12.7 Å². The highest BCUT2D eigenvalue weighted by Gasteiger charge is 2.25. The van der Waals surface area contributed by atoms with Crippen molar-refractivity contribution in [3.05, 3.63) is 11.4 Å². The molecule has 0 aliphatic rings. The van der Waals surface area contributed by atoms with Crippen LogP contribution in [0.4, 0.5) is 0 Å². The lowest BCUT2D eigenvalue weighted by Crippen LogP contribution is -2.24. The van der Waals surface area contributed by atoms with Crippen molar-refractivity contribution in [2.75, 3.05) is 21.1 Å². The van der Waals surface area contributed by atoms with Crippen LogP contribution in [0.5, 0.6) is 0 Å². The highest BCUT2D eigenvalue weighted by molar-refractivity contribution is 7.89. The van der Waals surface area contributed by atoms with E-state index >= 15 is 0 Å². The van der Waals surface area contributed by atoms with E-state index in [0.717, 1.165) is 0 Å². The van der Waals surface area contributed by atoms with Gasteiger partial charge in [0.25, 0.3) is 0 Å². The van der Waals surface area contributed by atoms with Gasteiger partial charge in [-0.05, 0) is 14.0 Å². The molecule has 0 aromatic carbocycles. The summed E-state index contributed by atoms with van der Waals surface area (Å²) >= 11 is 0. The average molecular weight is 232 g/mol. The Hall–Kier alpha value is -0.920. The van der Waals surface area contributed by atoms with Crippen LogP contribution in [0.15, 0.2) is 4.90 Å². The number of rotatable bonds is 4. The molecule has 0 saturated carbocycles. The van der Waals surface area contributed by atoms with Gasteiger partial charge in [-0.3, -0.25) is 5.10 Å². The van der Waals surface area contributed by atoms with Crippen LogP contribution in [-0.2, 0) is 16.6 Å². The number of nitrogens with zero attached hydrogens (tertiary/aromatic N) is 2. The number of H-pyrrole nitrogens is 1. The van der Waals surface area contributed by atoms with Crippen molar-refractivity contribution in [1.82, 2.24) is 19.8 Å². The van der Waals surface area contributed by atoms with Gasteiger partial charge in [0.2, 0.25) is 10.0 Å². The van der Waals surface area contributed by atoms with E-state index in [0.29, 0.717) is 17.9 Å². The molecule has 7 heteroatoms. The molecule has 0 spiro atoms. The molecule has 6 nitrogen and oxygen atoms in total. The highest BCUT2D eigenvalue weighted by Crippen LogP contribution is 2.20. The molecule has 0 atom stereocenters. The number of aryl methyl sites for hydroxylation is 1. The minimum Gasteiger partial charge on any atom is -0.314 e. The summed E-state index contributed by atoms with van der Waals surface area (Å²) in [6, 6.07) is 0. The lowest BCUT2D eigenvalue weighted by atomic mass is 10.4. The van der Waals surface area contributed by atoms with Crippen LogP contribution < -0.4 is 5.32 Å². The molecule has 0 saturated heterocycles. The maximum atomic E-state index is 11.9. The summed E-state index contributed by atoms with van der Waals surface area (Å²) in [5, 5.41) is 9.53. The van der Waals surface area contributed by atoms with Crippen molar-refractivity contribution in [2.45, 2.75) is 18.4 Å². The smallest absolute Gasteiger partial charge is 0.246 e. The SMILES string of the molecule is CNCc1n[nH]c(C)c1S(=O)(=O)N(C)C. The lowest BCUT2D eigenvalue weighted by Gasteiger charge is -2.11. The molecule has 0 bridgehead atoms. The van der Waals surface area contributed by atoms with Crippen molar-refractivity contribution in [2.24, 2.45) is 0 Å². The van der Waals surface area contributed by atoms with Gasteiger partial charge in [-0.2, -0.15) is 5.10 Å². The second-order valence-electron chi connectivity index (χ2n) is 3.44. The normalized spacial score (nSPS) is 12.3. The van der Waals surface area contributed by atoms with Gasteiger partial charge in [0.05, 0.1) is 11.4 Å². The number of nitrogens with one attached hydrogen (secondary N) is 2. The molecular formula is C8H16N4O2S. The molecule has 0 amide bonds. The second kappa shape index (κ2) is 4.30. The van der Waals surface area contributed by atoms with E-state index in [9.17, 15) is 8.42 Å². The van der Waals surface area contributed by atoms with E-state index in [1.165, 1.54) is 18.4 Å². The van der Waals surface area contributed by atoms with Gasteiger partial charge in [-0.1, -0.05) is 0 Å². The van der Waals surface area contributed by atoms with Crippen LogP contribution in [0.2, 0.25) is 0 Å². The highest BCUT2D eigenvalue weighted by atomic mass is 32.2. The summed E-state index contributed by atoms with van der Waals surface area (Å²) < 4.78 is 25.1. The van der Waals surface area contributed by atoms with Crippen LogP contribution in [0.3, 0.4) is 0 Å². The zero-order valence-corrected chi connectivity index (χ0v) is 10.1. The molecule has 1 aromatic heterocycles. The molecule has 86 valence electrons. The van der Waals surface area contributed by atoms with E-state index < -0.39 is 10.0 Å². The predicted molar refractivity (Wildman–Crippen MR) is 57.0 cm³/mol. The molecule has 0 radical (unpaired) electrons. The minimum atomic E-state index is -3.42. The van der Waals surface area contributed by atoms with Crippen LogP contribution in [-0.4, -0.2) is 44.1 Å². The molecule has 0 aliphatic carbocycles. The van der Waals surface area contributed by atoms with Crippen LogP contribution in [0, 0.1) is 6.92 Å². The molecule has 0 fully saturated rings. The maximum absolute atomic E-state index is 11.9. The first kappa shape index (κ1) is 12.2. The molecule has 2 N–H and O–H groups in total. The molecule has 1 heterocycles. The fourth-order valence-corrected chi connectivity index (χ4v) is 2.49. The maximum Gasteiger partial charge on any atom is 0.246 e. The van der Waals surface area contributed by atoms with Gasteiger partial charge in [0.1, 0.15) is 4.90 Å². The summed E-state index contributed by atoms with van der Waals surface area (Å²) in [6.07, 6.45) is 0. The van der Waals surface area contributed by atoms with E-state index in [4.69, 9.17) is 0 Å². The van der Waals surface area contributed by atoms with E-state index in [1.807, 2.05) is 0 Å². The zero-order chi connectivity index (χ0) is 11.6. The molecular weight excluding hydrogens is 216 g/mol. The lowest BCUT2D eigenvalue weighted by molar-refractivity contribution is 0.518. The Labute approximate surface area is 89.7 Å². The standard InChI is InChI=1S/C8H16N4O2S/c1-6-8(15(13,14)12(3)4)7(5-9-2)11-10-6/h9H,5H2,1-4H3,(H,10,11). The largest absolute Gasteiger partial charge is 0.314 e. The molecule has 15 heavy (non-hydrogen) atoms. The first-order valence-electron chi connectivity index (χ1n) is 4.52. The number of sulfonamides is 1. The number of hydrogen-bond acceptors (Lipinski definition) is 4. The third-order valence-corrected chi connectivity index (χ3v) is 4.06. The third-order valence-electron chi connectivity index (χ3n) is 2.04. The summed E-state index contributed by atoms with van der Waals surface area (Å²) in [7, 11) is 1.34. The van der Waals surface area contributed by atoms with E-state index in [2.05, 4.69) is 15.5 Å². The Morgan fingerprint density at radius 3 is 2.53 bits per heavy atom. The van der Waals surface area contributed by atoms with Gasteiger partial charge >= 0.3 is 0 Å². The van der Waals surface area contributed by atoms with Crippen molar-refractivity contribution in [1.29, 1.82) is 0 Å². The first-order chi connectivity index (χ1) is 6.91. The summed E-state index contributed by atoms with van der Waals surface area (Å²) in [5.41, 5.74) is 1.08. The van der Waals surface area contributed by atoms with Crippen LogP contribution in [0.1, 0.15) is 11.4 Å². The van der Waals surface area contributed by atoms with Crippen molar-refractivity contribution < 1.29 is 8.42 Å². The fraction of sp³-hybridized carbons (Fsp3) is 0.625. The number of aromatic nitrogens is 2. The van der Waals surface area contributed by atoms with E-state index in [1.54, 1.807) is 14.0 Å². The van der Waals surface area contributed by atoms with Crippen molar-refractivity contribution in [3.63, 3.8) is 0 Å². The monoisotopic (exact) mass is 232 g/mol. The zero-order valence-electron chi connectivity index (χ0n) is 9.33. The average Bonchev–Trinajstić information content (AvgIpc) is 2.48. The predicted octanol–water partition coefficient (Wildman–Crippen LogP) is -0.312. The van der Waals surface area contributed by atoms with Crippen LogP contribution in [0.25, 0.3) is 0 Å². The second-order valence-corrected chi connectivity index (χ2v) is 5.53. The van der Waals surface area contributed by atoms with Gasteiger partial charge in [-0.15, -0.1) is 0 Å². The van der Waals surface area contributed by atoms with Gasteiger partial charge in [0.15, 0.2) is 0 Å². The molecule has 1 rings (SSSR count).